The quantitative estimate of drug-likeness (QED) is 0.160. The van der Waals surface area contributed by atoms with Crippen LogP contribution in [0, 0.1) is 34.6 Å². The van der Waals surface area contributed by atoms with E-state index in [1.165, 1.54) is 60.1 Å². The minimum atomic E-state index is 0.814. The van der Waals surface area contributed by atoms with Crippen molar-refractivity contribution in [3.8, 4) is 39.5 Å². The molecule has 0 unspecified atom stereocenters. The summed E-state index contributed by atoms with van der Waals surface area (Å²) in [7, 11) is 0. The van der Waals surface area contributed by atoms with E-state index in [4.69, 9.17) is 9.97 Å². The Morgan fingerprint density at radius 1 is 0.554 bits per heavy atom. The first-order valence-electron chi connectivity index (χ1n) is 19.6. The number of para-hydroxylation sites is 1. The summed E-state index contributed by atoms with van der Waals surface area (Å²) < 4.78 is 2.40. The Bertz CT molecular complexity index is 3010. The van der Waals surface area contributed by atoms with Gasteiger partial charge in [0.1, 0.15) is 5.69 Å². The molecule has 0 N–H and O–H groups in total. The zero-order valence-corrected chi connectivity index (χ0v) is 33.4. The molecule has 3 heteroatoms. The molecule has 9 aromatic rings. The molecular formula is C53H47N3. The predicted octanol–water partition coefficient (Wildman–Crippen LogP) is 14.6. The number of rotatable bonds is 6. The number of hydrogen-bond acceptors (Lipinski definition) is 2. The Hall–Kier alpha value is -6.58. The first kappa shape index (κ1) is 36.4. The van der Waals surface area contributed by atoms with Gasteiger partial charge in [-0.15, -0.1) is 0 Å². The molecule has 2 aromatic heterocycles. The smallest absolute Gasteiger partial charge is 0.164 e. The van der Waals surface area contributed by atoms with Crippen molar-refractivity contribution in [1.82, 2.24) is 14.5 Å². The van der Waals surface area contributed by atoms with Gasteiger partial charge in [-0.1, -0.05) is 154 Å². The van der Waals surface area contributed by atoms with Crippen LogP contribution in [0.25, 0.3) is 88.9 Å². The van der Waals surface area contributed by atoms with Crippen LogP contribution in [0.2, 0.25) is 0 Å². The zero-order valence-electron chi connectivity index (χ0n) is 33.4. The van der Waals surface area contributed by atoms with Gasteiger partial charge in [-0.05, 0) is 107 Å². The van der Waals surface area contributed by atoms with Crippen LogP contribution < -0.4 is 0 Å². The highest BCUT2D eigenvalue weighted by Gasteiger charge is 2.26. The molecule has 7 aromatic carbocycles. The van der Waals surface area contributed by atoms with Gasteiger partial charge in [0.15, 0.2) is 5.82 Å². The van der Waals surface area contributed by atoms with Gasteiger partial charge in [-0.3, -0.25) is 4.57 Å². The number of allylic oxidation sites excluding steroid dienone is 2. The average Bonchev–Trinajstić information content (AvgIpc) is 3.57. The van der Waals surface area contributed by atoms with Crippen molar-refractivity contribution in [3.63, 3.8) is 0 Å². The maximum absolute atomic E-state index is 5.63. The molecule has 0 bridgehead atoms. The van der Waals surface area contributed by atoms with Crippen molar-refractivity contribution >= 4 is 49.4 Å². The van der Waals surface area contributed by atoms with Crippen molar-refractivity contribution in [2.24, 2.45) is 0 Å². The monoisotopic (exact) mass is 725 g/mol. The summed E-state index contributed by atoms with van der Waals surface area (Å²) in [6.45, 7) is 18.9. The normalized spacial score (nSPS) is 11.5. The number of aromatic nitrogens is 3. The SMILES string of the molecule is C=C/C=C\c1c(C)cccc1-c1nc(-c2ccccc2C)c(C)nc1-n1c2ccccc2c2c3ccccc3c(-c3cc4ccccc4cc3C)c(C)c21.CC. The van der Waals surface area contributed by atoms with E-state index in [0.717, 1.165) is 56.2 Å². The second kappa shape index (κ2) is 14.9. The second-order valence-electron chi connectivity index (χ2n) is 14.4. The van der Waals surface area contributed by atoms with Gasteiger partial charge >= 0.3 is 0 Å². The van der Waals surface area contributed by atoms with E-state index in [1.54, 1.807) is 0 Å². The van der Waals surface area contributed by atoms with Crippen molar-refractivity contribution in [1.29, 1.82) is 0 Å². The van der Waals surface area contributed by atoms with E-state index < -0.39 is 0 Å². The van der Waals surface area contributed by atoms with Gasteiger partial charge in [-0.25, -0.2) is 9.97 Å². The zero-order chi connectivity index (χ0) is 39.1. The van der Waals surface area contributed by atoms with E-state index >= 15 is 0 Å². The lowest BCUT2D eigenvalue weighted by Gasteiger charge is -2.21. The molecule has 56 heavy (non-hydrogen) atoms. The standard InChI is InChI=1S/C51H41N3.C2H6/c1-7-8-22-38-31(2)19-17-27-42(38)49-51(52-35(6)48(53-49)39-23-12-9-18-32(39)3)54-45-28-16-15-26-43(45)47-41-25-14-13-24-40(41)46(34(5)50(47)54)44-30-37-21-11-10-20-36(37)29-33(44)4;1-2/h7-30H,1H2,2-6H3;1-2H3/b22-8-;. The van der Waals surface area contributed by atoms with E-state index in [2.05, 4.69) is 179 Å². The van der Waals surface area contributed by atoms with Crippen molar-refractivity contribution < 1.29 is 0 Å². The molecule has 0 saturated carbocycles. The van der Waals surface area contributed by atoms with Crippen molar-refractivity contribution in [2.75, 3.05) is 0 Å². The van der Waals surface area contributed by atoms with Gasteiger partial charge < -0.3 is 0 Å². The van der Waals surface area contributed by atoms with E-state index in [-0.39, 0.29) is 0 Å². The molecule has 2 heterocycles. The Morgan fingerprint density at radius 3 is 1.93 bits per heavy atom. The van der Waals surface area contributed by atoms with Gasteiger partial charge in [0.05, 0.1) is 22.4 Å². The fraction of sp³-hybridized carbons (Fsp3) is 0.132. The van der Waals surface area contributed by atoms with Crippen LogP contribution in [0.4, 0.5) is 0 Å². The topological polar surface area (TPSA) is 30.7 Å². The van der Waals surface area contributed by atoms with Crippen molar-refractivity contribution in [2.45, 2.75) is 48.5 Å². The van der Waals surface area contributed by atoms with Crippen LogP contribution in [-0.4, -0.2) is 14.5 Å². The third kappa shape index (κ3) is 5.92. The van der Waals surface area contributed by atoms with Gasteiger partial charge in [0, 0.05) is 21.9 Å². The van der Waals surface area contributed by atoms with Crippen LogP contribution in [0.3, 0.4) is 0 Å². The maximum Gasteiger partial charge on any atom is 0.164 e. The molecule has 0 fully saturated rings. The Labute approximate surface area is 330 Å². The first-order valence-corrected chi connectivity index (χ1v) is 19.6. The average molecular weight is 726 g/mol. The fourth-order valence-electron chi connectivity index (χ4n) is 8.51. The lowest BCUT2D eigenvalue weighted by atomic mass is 9.87. The summed E-state index contributed by atoms with van der Waals surface area (Å²) in [6, 6.07) is 45.9. The molecule has 0 aliphatic rings. The number of benzene rings is 7. The number of fused-ring (bicyclic) bond motifs is 6. The molecule has 274 valence electrons. The Balaban J connectivity index is 0.00000217. The predicted molar refractivity (Wildman–Crippen MR) is 242 cm³/mol. The van der Waals surface area contributed by atoms with Crippen LogP contribution in [0.15, 0.2) is 146 Å². The fourth-order valence-corrected chi connectivity index (χ4v) is 8.51. The summed E-state index contributed by atoms with van der Waals surface area (Å²) in [5.41, 5.74) is 15.4. The highest BCUT2D eigenvalue weighted by molar-refractivity contribution is 6.26. The third-order valence-corrected chi connectivity index (χ3v) is 11.1. The van der Waals surface area contributed by atoms with Crippen LogP contribution in [0.5, 0.6) is 0 Å². The highest BCUT2D eigenvalue weighted by atomic mass is 15.1. The maximum atomic E-state index is 5.63. The third-order valence-electron chi connectivity index (χ3n) is 11.1. The minimum Gasteiger partial charge on any atom is -0.292 e. The van der Waals surface area contributed by atoms with Gasteiger partial charge in [0.25, 0.3) is 0 Å². The second-order valence-corrected chi connectivity index (χ2v) is 14.4. The number of aryl methyl sites for hydroxylation is 5. The molecule has 0 saturated heterocycles. The van der Waals surface area contributed by atoms with Crippen molar-refractivity contribution in [3.05, 3.63) is 180 Å². The summed E-state index contributed by atoms with van der Waals surface area (Å²) in [5, 5.41) is 7.38. The summed E-state index contributed by atoms with van der Waals surface area (Å²) in [5.74, 6) is 0.814. The lowest BCUT2D eigenvalue weighted by molar-refractivity contribution is 1.01. The van der Waals surface area contributed by atoms with E-state index in [9.17, 15) is 0 Å². The molecule has 0 aliphatic heterocycles. The van der Waals surface area contributed by atoms with Crippen LogP contribution in [-0.2, 0) is 0 Å². The highest BCUT2D eigenvalue weighted by Crippen LogP contribution is 2.46. The molecule has 3 nitrogen and oxygen atoms in total. The Morgan fingerprint density at radius 2 is 1.18 bits per heavy atom. The summed E-state index contributed by atoms with van der Waals surface area (Å²) in [4.78, 5) is 11.2. The summed E-state index contributed by atoms with van der Waals surface area (Å²) >= 11 is 0. The van der Waals surface area contributed by atoms with Crippen LogP contribution >= 0.6 is 0 Å². The Kier molecular flexibility index (Phi) is 9.70. The molecule has 0 radical (unpaired) electrons. The molecule has 0 aliphatic carbocycles. The van der Waals surface area contributed by atoms with E-state index in [0.29, 0.717) is 0 Å². The molecule has 9 rings (SSSR count). The summed E-state index contributed by atoms with van der Waals surface area (Å²) in [6.07, 6.45) is 5.97. The molecule has 0 spiro atoms. The van der Waals surface area contributed by atoms with E-state index in [1.807, 2.05) is 26.0 Å². The molecule has 0 amide bonds. The van der Waals surface area contributed by atoms with Crippen LogP contribution in [0.1, 0.15) is 47.4 Å². The largest absolute Gasteiger partial charge is 0.292 e. The van der Waals surface area contributed by atoms with Gasteiger partial charge in [0.2, 0.25) is 0 Å². The minimum absolute atomic E-state index is 0.814. The molecular weight excluding hydrogens is 679 g/mol. The number of nitrogens with zero attached hydrogens (tertiary/aromatic N) is 3. The van der Waals surface area contributed by atoms with Gasteiger partial charge in [-0.2, -0.15) is 0 Å². The lowest BCUT2D eigenvalue weighted by Crippen LogP contribution is -2.08. The first-order chi connectivity index (χ1) is 27.4. The number of hydrogen-bond donors (Lipinski definition) is 0. The molecule has 0 atom stereocenters.